The van der Waals surface area contributed by atoms with E-state index in [1.54, 1.807) is 41.5 Å². The molecule has 0 spiro atoms. The van der Waals surface area contributed by atoms with E-state index >= 15 is 0 Å². The highest BCUT2D eigenvalue weighted by molar-refractivity contribution is 6.01. The van der Waals surface area contributed by atoms with Gasteiger partial charge in [0.2, 0.25) is 5.96 Å². The molecule has 0 aromatic heterocycles. The number of alkyl carbamates (subject to hydrolysis) is 2. The molecule has 0 heterocycles. The van der Waals surface area contributed by atoms with Crippen LogP contribution in [-0.2, 0) is 21.4 Å². The van der Waals surface area contributed by atoms with Gasteiger partial charge in [-0.1, -0.05) is 63.2 Å². The van der Waals surface area contributed by atoms with E-state index in [-0.39, 0.29) is 17.9 Å². The Hall–Kier alpha value is -3.35. The van der Waals surface area contributed by atoms with E-state index < -0.39 is 23.4 Å². The molecule has 2 aromatic rings. The van der Waals surface area contributed by atoms with E-state index in [1.807, 2.05) is 24.3 Å². The zero-order valence-electron chi connectivity index (χ0n) is 22.4. The Kier molecular flexibility index (Phi) is 8.71. The van der Waals surface area contributed by atoms with Crippen molar-refractivity contribution in [3.63, 3.8) is 0 Å². The van der Waals surface area contributed by atoms with Crippen LogP contribution in [-0.4, -0.2) is 29.3 Å². The molecule has 2 aromatic carbocycles. The van der Waals surface area contributed by atoms with Crippen LogP contribution >= 0.6 is 0 Å². The number of carbonyl (C=O) groups excluding carboxylic acids is 2. The van der Waals surface area contributed by atoms with Crippen LogP contribution in [0.4, 0.5) is 9.59 Å². The standard InChI is InChI=1S/C28H39N3O4/c1-26(2,3)22-15-11-14-21(17-22)20-13-10-12-19(16-20)18-29-23(30-24(32)34-27(4,5)6)31-25(33)35-28(7,8)9/h10-17H,18H2,1-9H3,(H2,29,30,31,32,33). The predicted molar refractivity (Wildman–Crippen MR) is 140 cm³/mol. The smallest absolute Gasteiger partial charge is 0.414 e. The first kappa shape index (κ1) is 27.9. The number of aliphatic imine (C=N–C) groups is 1. The third-order valence-corrected chi connectivity index (χ3v) is 4.65. The lowest BCUT2D eigenvalue weighted by molar-refractivity contribution is 0.0545. The van der Waals surface area contributed by atoms with Gasteiger partial charge in [0, 0.05) is 0 Å². The number of benzene rings is 2. The fourth-order valence-corrected chi connectivity index (χ4v) is 3.10. The third-order valence-electron chi connectivity index (χ3n) is 4.65. The highest BCUT2D eigenvalue weighted by Gasteiger charge is 2.21. The first-order chi connectivity index (χ1) is 16.0. The summed E-state index contributed by atoms with van der Waals surface area (Å²) in [5, 5.41) is 5.02. The number of guanidine groups is 1. The van der Waals surface area contributed by atoms with Gasteiger partial charge in [-0.15, -0.1) is 0 Å². The highest BCUT2D eigenvalue weighted by atomic mass is 16.6. The molecule has 0 aliphatic rings. The van der Waals surface area contributed by atoms with Crippen LogP contribution in [0.1, 0.15) is 73.4 Å². The Morgan fingerprint density at radius 1 is 0.743 bits per heavy atom. The van der Waals surface area contributed by atoms with Crippen molar-refractivity contribution in [2.24, 2.45) is 4.99 Å². The van der Waals surface area contributed by atoms with Crippen molar-refractivity contribution < 1.29 is 19.1 Å². The van der Waals surface area contributed by atoms with Crippen LogP contribution in [0.15, 0.2) is 53.5 Å². The van der Waals surface area contributed by atoms with Gasteiger partial charge in [-0.2, -0.15) is 0 Å². The fourth-order valence-electron chi connectivity index (χ4n) is 3.10. The van der Waals surface area contributed by atoms with Gasteiger partial charge in [-0.3, -0.25) is 10.6 Å². The first-order valence-corrected chi connectivity index (χ1v) is 11.8. The van der Waals surface area contributed by atoms with E-state index in [2.05, 4.69) is 60.7 Å². The molecule has 0 atom stereocenters. The van der Waals surface area contributed by atoms with Crippen LogP contribution in [0.3, 0.4) is 0 Å². The molecule has 0 fully saturated rings. The summed E-state index contributed by atoms with van der Waals surface area (Å²) in [6, 6.07) is 16.5. The normalized spacial score (nSPS) is 11.9. The first-order valence-electron chi connectivity index (χ1n) is 11.8. The molecule has 0 saturated carbocycles. The van der Waals surface area contributed by atoms with Crippen molar-refractivity contribution in [2.75, 3.05) is 0 Å². The number of ether oxygens (including phenoxy) is 2. The van der Waals surface area contributed by atoms with Crippen LogP contribution < -0.4 is 10.6 Å². The number of nitrogens with one attached hydrogen (secondary N) is 2. The predicted octanol–water partition coefficient (Wildman–Crippen LogP) is 6.56. The summed E-state index contributed by atoms with van der Waals surface area (Å²) in [5.74, 6) is -0.0476. The Morgan fingerprint density at radius 3 is 1.71 bits per heavy atom. The van der Waals surface area contributed by atoms with Crippen molar-refractivity contribution in [3.8, 4) is 11.1 Å². The highest BCUT2D eigenvalue weighted by Crippen LogP contribution is 2.28. The minimum Gasteiger partial charge on any atom is -0.444 e. The number of rotatable bonds is 3. The van der Waals surface area contributed by atoms with Crippen molar-refractivity contribution >= 4 is 18.1 Å². The molecule has 7 heteroatoms. The minimum absolute atomic E-state index is 0.0476. The summed E-state index contributed by atoms with van der Waals surface area (Å²) in [6.45, 7) is 17.3. The third kappa shape index (κ3) is 10.2. The number of carbonyl (C=O) groups is 2. The molecule has 35 heavy (non-hydrogen) atoms. The van der Waals surface area contributed by atoms with Crippen LogP contribution in [0.25, 0.3) is 11.1 Å². The zero-order valence-corrected chi connectivity index (χ0v) is 22.4. The molecule has 0 radical (unpaired) electrons. The molecular formula is C28H39N3O4. The Labute approximate surface area is 209 Å². The molecular weight excluding hydrogens is 442 g/mol. The molecule has 2 N–H and O–H groups in total. The molecule has 0 saturated heterocycles. The Bertz CT molecular complexity index is 1040. The van der Waals surface area contributed by atoms with Crippen LogP contribution in [0.2, 0.25) is 0 Å². The number of amides is 2. The van der Waals surface area contributed by atoms with Gasteiger partial charge in [0.25, 0.3) is 0 Å². The average molecular weight is 482 g/mol. The second-order valence-corrected chi connectivity index (χ2v) is 11.4. The van der Waals surface area contributed by atoms with Gasteiger partial charge >= 0.3 is 12.2 Å². The molecule has 0 unspecified atom stereocenters. The summed E-state index contributed by atoms with van der Waals surface area (Å²) >= 11 is 0. The van der Waals surface area contributed by atoms with Crippen LogP contribution in [0, 0.1) is 0 Å². The van der Waals surface area contributed by atoms with Crippen molar-refractivity contribution in [1.29, 1.82) is 0 Å². The molecule has 190 valence electrons. The minimum atomic E-state index is -0.722. The van der Waals surface area contributed by atoms with E-state index in [1.165, 1.54) is 5.56 Å². The lowest BCUT2D eigenvalue weighted by Gasteiger charge is -2.22. The monoisotopic (exact) mass is 481 g/mol. The molecule has 0 bridgehead atoms. The van der Waals surface area contributed by atoms with Gasteiger partial charge in [0.1, 0.15) is 11.2 Å². The molecule has 7 nitrogen and oxygen atoms in total. The SMILES string of the molecule is CC(C)(C)OC(=O)NC(=NCc1cccc(-c2cccc(C(C)(C)C)c2)c1)NC(=O)OC(C)(C)C. The van der Waals surface area contributed by atoms with Gasteiger partial charge in [0.05, 0.1) is 6.54 Å². The molecule has 2 amide bonds. The lowest BCUT2D eigenvalue weighted by atomic mass is 9.85. The van der Waals surface area contributed by atoms with E-state index in [0.29, 0.717) is 0 Å². The van der Waals surface area contributed by atoms with E-state index in [9.17, 15) is 9.59 Å². The second-order valence-electron chi connectivity index (χ2n) is 11.4. The second kappa shape index (κ2) is 10.9. The molecule has 2 rings (SSSR count). The zero-order chi connectivity index (χ0) is 26.4. The summed E-state index contributed by atoms with van der Waals surface area (Å²) in [5.41, 5.74) is 3.00. The maximum Gasteiger partial charge on any atom is 0.414 e. The summed E-state index contributed by atoms with van der Waals surface area (Å²) in [6.07, 6.45) is -1.44. The number of hydrogen-bond donors (Lipinski definition) is 2. The maximum atomic E-state index is 12.3. The van der Waals surface area contributed by atoms with E-state index in [4.69, 9.17) is 9.47 Å². The lowest BCUT2D eigenvalue weighted by Crippen LogP contribution is -2.47. The topological polar surface area (TPSA) is 89.0 Å². The quantitative estimate of drug-likeness (QED) is 0.384. The maximum absolute atomic E-state index is 12.3. The van der Waals surface area contributed by atoms with Crippen molar-refractivity contribution in [2.45, 2.75) is 85.5 Å². The van der Waals surface area contributed by atoms with E-state index in [0.717, 1.165) is 16.7 Å². The van der Waals surface area contributed by atoms with Crippen LogP contribution in [0.5, 0.6) is 0 Å². The summed E-state index contributed by atoms with van der Waals surface area (Å²) < 4.78 is 10.6. The van der Waals surface area contributed by atoms with Crippen molar-refractivity contribution in [3.05, 3.63) is 59.7 Å². The number of hydrogen-bond acceptors (Lipinski definition) is 5. The average Bonchev–Trinajstić information content (AvgIpc) is 2.69. The Balaban J connectivity index is 2.26. The largest absolute Gasteiger partial charge is 0.444 e. The van der Waals surface area contributed by atoms with Crippen molar-refractivity contribution in [1.82, 2.24) is 10.6 Å². The molecule has 0 aliphatic heterocycles. The summed E-state index contributed by atoms with van der Waals surface area (Å²) in [4.78, 5) is 29.0. The Morgan fingerprint density at radius 2 is 1.23 bits per heavy atom. The number of nitrogens with zero attached hydrogens (tertiary/aromatic N) is 1. The summed E-state index contributed by atoms with van der Waals surface area (Å²) in [7, 11) is 0. The molecule has 0 aliphatic carbocycles. The van der Waals surface area contributed by atoms with Gasteiger partial charge in [-0.25, -0.2) is 14.6 Å². The van der Waals surface area contributed by atoms with Gasteiger partial charge < -0.3 is 9.47 Å². The van der Waals surface area contributed by atoms with Gasteiger partial charge in [-0.05, 0) is 75.3 Å². The fraction of sp³-hybridized carbons (Fsp3) is 0.464. The van der Waals surface area contributed by atoms with Gasteiger partial charge in [0.15, 0.2) is 0 Å².